The van der Waals surface area contributed by atoms with Gasteiger partial charge in [-0.25, -0.2) is 0 Å². The molecule has 1 saturated carbocycles. The van der Waals surface area contributed by atoms with E-state index in [4.69, 9.17) is 9.16 Å². The van der Waals surface area contributed by atoms with E-state index in [1.165, 1.54) is 0 Å². The Morgan fingerprint density at radius 2 is 1.70 bits per heavy atom. The van der Waals surface area contributed by atoms with Crippen molar-refractivity contribution in [3.63, 3.8) is 0 Å². The number of carbonyl (C=O) groups excluding carboxylic acids is 2. The highest BCUT2D eigenvalue weighted by molar-refractivity contribution is 6.74. The van der Waals surface area contributed by atoms with Crippen LogP contribution in [0.5, 0.6) is 0 Å². The average Bonchev–Trinajstić information content (AvgIpc) is 2.39. The van der Waals surface area contributed by atoms with Crippen molar-refractivity contribution in [2.24, 2.45) is 5.41 Å². The van der Waals surface area contributed by atoms with E-state index in [1.807, 2.05) is 6.92 Å². The van der Waals surface area contributed by atoms with Gasteiger partial charge >= 0.3 is 5.97 Å². The van der Waals surface area contributed by atoms with Crippen LogP contribution < -0.4 is 0 Å². The van der Waals surface area contributed by atoms with Gasteiger partial charge in [-0.2, -0.15) is 0 Å². The molecule has 0 atom stereocenters. The Bertz CT molecular complexity index is 429. The minimum atomic E-state index is -1.80. The molecule has 0 amide bonds. The van der Waals surface area contributed by atoms with Crippen LogP contribution in [0.1, 0.15) is 66.7 Å². The van der Waals surface area contributed by atoms with Crippen molar-refractivity contribution >= 4 is 20.1 Å². The topological polar surface area (TPSA) is 52.6 Å². The lowest BCUT2D eigenvalue weighted by atomic mass is 9.70. The lowest BCUT2D eigenvalue weighted by molar-refractivity contribution is -0.161. The van der Waals surface area contributed by atoms with Gasteiger partial charge in [-0.3, -0.25) is 9.59 Å². The van der Waals surface area contributed by atoms with Gasteiger partial charge in [0.2, 0.25) is 0 Å². The molecule has 0 N–H and O–H groups in total. The summed E-state index contributed by atoms with van der Waals surface area (Å²) in [6.45, 7) is 15.0. The molecule has 0 spiro atoms. The number of esters is 1. The first-order chi connectivity index (χ1) is 10.4. The third-order valence-corrected chi connectivity index (χ3v) is 9.99. The molecule has 1 aliphatic carbocycles. The minimum Gasteiger partial charge on any atom is -0.466 e. The van der Waals surface area contributed by atoms with Gasteiger partial charge in [0.15, 0.2) is 8.32 Å². The van der Waals surface area contributed by atoms with Gasteiger partial charge in [0.1, 0.15) is 5.78 Å². The van der Waals surface area contributed by atoms with E-state index >= 15 is 0 Å². The van der Waals surface area contributed by atoms with Gasteiger partial charge < -0.3 is 9.16 Å². The fraction of sp³-hybridized carbons (Fsp3) is 0.889. The van der Waals surface area contributed by atoms with Crippen molar-refractivity contribution in [3.05, 3.63) is 0 Å². The van der Waals surface area contributed by atoms with E-state index in [1.54, 1.807) is 6.92 Å². The van der Waals surface area contributed by atoms with Crippen LogP contribution in [-0.2, 0) is 18.8 Å². The molecule has 0 aromatic carbocycles. The number of hydrogen-bond donors (Lipinski definition) is 0. The van der Waals surface area contributed by atoms with Crippen LogP contribution in [0.4, 0.5) is 0 Å². The summed E-state index contributed by atoms with van der Waals surface area (Å²) in [5.41, 5.74) is -0.630. The standard InChI is InChI=1S/C18H34O4Si/c1-8-21-16(20)18(13-14(2)19)11-9-15(10-12-18)22-23(6,7)17(3,4)5/h15H,8-13H2,1-7H3. The van der Waals surface area contributed by atoms with E-state index in [2.05, 4.69) is 33.9 Å². The maximum absolute atomic E-state index is 12.4. The van der Waals surface area contributed by atoms with Crippen molar-refractivity contribution < 1.29 is 18.8 Å². The van der Waals surface area contributed by atoms with E-state index in [0.29, 0.717) is 25.9 Å². The fourth-order valence-corrected chi connectivity index (χ4v) is 4.49. The Morgan fingerprint density at radius 3 is 2.09 bits per heavy atom. The summed E-state index contributed by atoms with van der Waals surface area (Å²) in [7, 11) is -1.80. The summed E-state index contributed by atoms with van der Waals surface area (Å²) in [6.07, 6.45) is 3.52. The monoisotopic (exact) mass is 342 g/mol. The summed E-state index contributed by atoms with van der Waals surface area (Å²) in [5.74, 6) is -0.150. The van der Waals surface area contributed by atoms with Gasteiger partial charge in [0.05, 0.1) is 12.0 Å². The zero-order chi connectivity index (χ0) is 17.9. The Balaban J connectivity index is 2.76. The number of hydrogen-bond acceptors (Lipinski definition) is 4. The predicted molar refractivity (Wildman–Crippen MR) is 94.9 cm³/mol. The number of rotatable bonds is 6. The molecule has 0 aliphatic heterocycles. The highest BCUT2D eigenvalue weighted by atomic mass is 28.4. The average molecular weight is 343 g/mol. The van der Waals surface area contributed by atoms with Crippen LogP contribution in [0.15, 0.2) is 0 Å². The van der Waals surface area contributed by atoms with Crippen LogP contribution in [0.2, 0.25) is 18.1 Å². The molecule has 5 heteroatoms. The van der Waals surface area contributed by atoms with Crippen molar-refractivity contribution in [1.82, 2.24) is 0 Å². The Morgan fingerprint density at radius 1 is 1.17 bits per heavy atom. The van der Waals surface area contributed by atoms with Crippen LogP contribution in [-0.4, -0.2) is 32.8 Å². The summed E-state index contributed by atoms with van der Waals surface area (Å²) in [5, 5.41) is 0.183. The molecule has 4 nitrogen and oxygen atoms in total. The summed E-state index contributed by atoms with van der Waals surface area (Å²) in [6, 6.07) is 0. The zero-order valence-electron chi connectivity index (χ0n) is 16.0. The van der Waals surface area contributed by atoms with Crippen LogP contribution in [0.3, 0.4) is 0 Å². The van der Waals surface area contributed by atoms with Gasteiger partial charge in [0, 0.05) is 12.5 Å². The molecule has 0 saturated heterocycles. The second-order valence-electron chi connectivity index (χ2n) is 8.46. The van der Waals surface area contributed by atoms with Crippen LogP contribution in [0, 0.1) is 5.41 Å². The molecule has 0 aromatic rings. The van der Waals surface area contributed by atoms with Crippen molar-refractivity contribution in [2.45, 2.75) is 91.0 Å². The molecular weight excluding hydrogens is 308 g/mol. The van der Waals surface area contributed by atoms with E-state index in [9.17, 15) is 9.59 Å². The van der Waals surface area contributed by atoms with Crippen molar-refractivity contribution in [1.29, 1.82) is 0 Å². The number of Topliss-reactive ketones (excluding diaryl/α,β-unsaturated/α-hetero) is 1. The van der Waals surface area contributed by atoms with Gasteiger partial charge in [-0.1, -0.05) is 20.8 Å². The van der Waals surface area contributed by atoms with E-state index in [0.717, 1.165) is 12.8 Å². The molecule has 134 valence electrons. The summed E-state index contributed by atoms with van der Waals surface area (Å²) < 4.78 is 11.7. The highest BCUT2D eigenvalue weighted by Gasteiger charge is 2.46. The Labute approximate surface area is 142 Å². The molecule has 0 unspecified atom stereocenters. The smallest absolute Gasteiger partial charge is 0.312 e. The maximum Gasteiger partial charge on any atom is 0.312 e. The molecule has 0 aromatic heterocycles. The maximum atomic E-state index is 12.4. The van der Waals surface area contributed by atoms with Crippen LogP contribution >= 0.6 is 0 Å². The number of ketones is 1. The van der Waals surface area contributed by atoms with Crippen molar-refractivity contribution in [2.75, 3.05) is 6.61 Å². The first kappa shape index (κ1) is 20.4. The summed E-state index contributed by atoms with van der Waals surface area (Å²) in [4.78, 5) is 24.0. The van der Waals surface area contributed by atoms with Crippen molar-refractivity contribution in [3.8, 4) is 0 Å². The molecular formula is C18H34O4Si. The highest BCUT2D eigenvalue weighted by Crippen LogP contribution is 2.44. The molecule has 1 rings (SSSR count). The molecule has 1 aliphatic rings. The van der Waals surface area contributed by atoms with E-state index in [-0.39, 0.29) is 22.9 Å². The largest absolute Gasteiger partial charge is 0.466 e. The second kappa shape index (κ2) is 7.47. The van der Waals surface area contributed by atoms with Gasteiger partial charge in [-0.15, -0.1) is 0 Å². The molecule has 0 bridgehead atoms. The second-order valence-corrected chi connectivity index (χ2v) is 13.2. The third kappa shape index (κ3) is 5.15. The predicted octanol–water partition coefficient (Wildman–Crippen LogP) is 4.48. The SMILES string of the molecule is CCOC(=O)C1(CC(C)=O)CCC(O[Si](C)(C)C(C)(C)C)CC1. The molecule has 0 radical (unpaired) electrons. The van der Waals surface area contributed by atoms with Gasteiger partial charge in [-0.05, 0) is 57.7 Å². The fourth-order valence-electron chi connectivity index (χ4n) is 3.07. The quantitative estimate of drug-likeness (QED) is 0.527. The normalized spacial score (nSPS) is 26.0. The van der Waals surface area contributed by atoms with Gasteiger partial charge in [0.25, 0.3) is 0 Å². The molecule has 0 heterocycles. The number of ether oxygens (including phenoxy) is 1. The Kier molecular flexibility index (Phi) is 6.61. The third-order valence-electron chi connectivity index (χ3n) is 5.45. The Hall–Kier alpha value is -0.683. The lowest BCUT2D eigenvalue weighted by Crippen LogP contribution is -2.47. The number of carbonyl (C=O) groups is 2. The lowest BCUT2D eigenvalue weighted by Gasteiger charge is -2.43. The first-order valence-corrected chi connectivity index (χ1v) is 11.7. The first-order valence-electron chi connectivity index (χ1n) is 8.78. The molecule has 23 heavy (non-hydrogen) atoms. The van der Waals surface area contributed by atoms with E-state index < -0.39 is 13.7 Å². The zero-order valence-corrected chi connectivity index (χ0v) is 17.0. The summed E-state index contributed by atoms with van der Waals surface area (Å²) >= 11 is 0. The molecule has 1 fully saturated rings. The minimum absolute atomic E-state index is 0.0572. The van der Waals surface area contributed by atoms with Crippen LogP contribution in [0.25, 0.3) is 0 Å².